The average Bonchev–Trinajstić information content (AvgIpc) is 3.06. The summed E-state index contributed by atoms with van der Waals surface area (Å²) >= 11 is 12.0. The molecule has 0 spiro atoms. The van der Waals surface area contributed by atoms with Crippen LogP contribution < -0.4 is 14.8 Å². The standard InChI is InChI=1S/C18H13Cl2FN4O3/c1-9-17(23-24-25(9)10-2-3-13(21)11(19)6-10)18(26)22-14-8-16-15(7-12(14)20)27-4-5-28-16/h2-3,6-8H,4-5H2,1H3,(H,22,26). The molecule has 144 valence electrons. The monoisotopic (exact) mass is 422 g/mol. The molecule has 0 fully saturated rings. The minimum atomic E-state index is -0.547. The summed E-state index contributed by atoms with van der Waals surface area (Å²) in [4.78, 5) is 12.7. The number of hydrogen-bond donors (Lipinski definition) is 1. The lowest BCUT2D eigenvalue weighted by Gasteiger charge is -2.19. The van der Waals surface area contributed by atoms with Gasteiger partial charge in [0, 0.05) is 12.1 Å². The van der Waals surface area contributed by atoms with Gasteiger partial charge in [0.2, 0.25) is 0 Å². The van der Waals surface area contributed by atoms with Gasteiger partial charge in [0.15, 0.2) is 17.2 Å². The van der Waals surface area contributed by atoms with Gasteiger partial charge in [-0.1, -0.05) is 28.4 Å². The highest BCUT2D eigenvalue weighted by molar-refractivity contribution is 6.34. The third-order valence-electron chi connectivity index (χ3n) is 4.14. The number of benzene rings is 2. The number of nitrogens with one attached hydrogen (secondary N) is 1. The van der Waals surface area contributed by atoms with Crippen LogP contribution in [0.3, 0.4) is 0 Å². The van der Waals surface area contributed by atoms with Crippen LogP contribution in [-0.4, -0.2) is 34.1 Å². The number of rotatable bonds is 3. The molecule has 1 amide bonds. The Bertz CT molecular complexity index is 1090. The van der Waals surface area contributed by atoms with Gasteiger partial charge >= 0.3 is 0 Å². The molecule has 0 atom stereocenters. The Balaban J connectivity index is 1.61. The second kappa shape index (κ2) is 7.29. The van der Waals surface area contributed by atoms with E-state index in [1.807, 2.05) is 0 Å². The largest absolute Gasteiger partial charge is 0.486 e. The summed E-state index contributed by atoms with van der Waals surface area (Å²) < 4.78 is 25.7. The highest BCUT2D eigenvalue weighted by atomic mass is 35.5. The molecule has 2 aromatic carbocycles. The van der Waals surface area contributed by atoms with E-state index in [4.69, 9.17) is 32.7 Å². The van der Waals surface area contributed by atoms with Gasteiger partial charge < -0.3 is 14.8 Å². The number of nitrogens with zero attached hydrogens (tertiary/aromatic N) is 3. The molecule has 0 aliphatic carbocycles. The lowest BCUT2D eigenvalue weighted by Crippen LogP contribution is -2.17. The van der Waals surface area contributed by atoms with Crippen molar-refractivity contribution in [3.05, 3.63) is 57.6 Å². The molecule has 1 aliphatic rings. The van der Waals surface area contributed by atoms with Gasteiger partial charge in [-0.15, -0.1) is 5.10 Å². The molecule has 0 unspecified atom stereocenters. The molecule has 0 saturated heterocycles. The van der Waals surface area contributed by atoms with Crippen molar-refractivity contribution in [3.8, 4) is 17.2 Å². The topological polar surface area (TPSA) is 78.3 Å². The first-order chi connectivity index (χ1) is 13.4. The molecule has 10 heteroatoms. The highest BCUT2D eigenvalue weighted by Crippen LogP contribution is 2.38. The summed E-state index contributed by atoms with van der Waals surface area (Å²) in [5.41, 5.74) is 1.38. The molecule has 7 nitrogen and oxygen atoms in total. The molecule has 28 heavy (non-hydrogen) atoms. The van der Waals surface area contributed by atoms with Crippen LogP contribution in [0.2, 0.25) is 10.0 Å². The number of fused-ring (bicyclic) bond motifs is 1. The maximum absolute atomic E-state index is 13.4. The quantitative estimate of drug-likeness (QED) is 0.688. The zero-order valence-electron chi connectivity index (χ0n) is 14.5. The van der Waals surface area contributed by atoms with Crippen molar-refractivity contribution in [1.82, 2.24) is 15.0 Å². The van der Waals surface area contributed by atoms with Crippen LogP contribution in [0.25, 0.3) is 5.69 Å². The van der Waals surface area contributed by atoms with E-state index >= 15 is 0 Å². The Hall–Kier alpha value is -2.84. The Morgan fingerprint density at radius 1 is 1.14 bits per heavy atom. The van der Waals surface area contributed by atoms with Crippen LogP contribution in [-0.2, 0) is 0 Å². The van der Waals surface area contributed by atoms with Crippen molar-refractivity contribution >= 4 is 34.8 Å². The molecule has 0 bridgehead atoms. The SMILES string of the molecule is Cc1c(C(=O)Nc2cc3c(cc2Cl)OCCO3)nnn1-c1ccc(F)c(Cl)c1. The molecule has 4 rings (SSSR count). The summed E-state index contributed by atoms with van der Waals surface area (Å²) in [6.45, 7) is 2.51. The zero-order chi connectivity index (χ0) is 19.8. The lowest BCUT2D eigenvalue weighted by atomic mass is 10.2. The van der Waals surface area contributed by atoms with E-state index in [2.05, 4.69) is 15.6 Å². The van der Waals surface area contributed by atoms with Crippen molar-refractivity contribution in [2.45, 2.75) is 6.92 Å². The third kappa shape index (κ3) is 3.36. The lowest BCUT2D eigenvalue weighted by molar-refractivity contribution is 0.102. The normalized spacial score (nSPS) is 12.7. The van der Waals surface area contributed by atoms with E-state index in [1.165, 1.54) is 22.9 Å². The van der Waals surface area contributed by atoms with Crippen molar-refractivity contribution in [2.75, 3.05) is 18.5 Å². The minimum Gasteiger partial charge on any atom is -0.486 e. The van der Waals surface area contributed by atoms with Crippen molar-refractivity contribution in [2.24, 2.45) is 0 Å². The molecule has 1 aromatic heterocycles. The summed E-state index contributed by atoms with van der Waals surface area (Å²) in [6, 6.07) is 7.28. The van der Waals surface area contributed by atoms with E-state index in [-0.39, 0.29) is 10.7 Å². The molecule has 2 heterocycles. The Kier molecular flexibility index (Phi) is 4.82. The fourth-order valence-electron chi connectivity index (χ4n) is 2.74. The van der Waals surface area contributed by atoms with Gasteiger partial charge in [-0.25, -0.2) is 9.07 Å². The highest BCUT2D eigenvalue weighted by Gasteiger charge is 2.21. The van der Waals surface area contributed by atoms with E-state index in [0.717, 1.165) is 0 Å². The van der Waals surface area contributed by atoms with Gasteiger partial charge in [-0.2, -0.15) is 0 Å². The third-order valence-corrected chi connectivity index (χ3v) is 4.74. The van der Waals surface area contributed by atoms with Crippen LogP contribution >= 0.6 is 23.2 Å². The van der Waals surface area contributed by atoms with Gasteiger partial charge in [0.25, 0.3) is 5.91 Å². The molecule has 1 N–H and O–H groups in total. The number of ether oxygens (including phenoxy) is 2. The van der Waals surface area contributed by atoms with E-state index < -0.39 is 11.7 Å². The average molecular weight is 423 g/mol. The fraction of sp³-hybridized carbons (Fsp3) is 0.167. The van der Waals surface area contributed by atoms with Gasteiger partial charge in [-0.05, 0) is 25.1 Å². The summed E-state index contributed by atoms with van der Waals surface area (Å²) in [6.07, 6.45) is 0. The van der Waals surface area contributed by atoms with Gasteiger partial charge in [0.1, 0.15) is 19.0 Å². The molecular weight excluding hydrogens is 410 g/mol. The number of halogens is 3. The zero-order valence-corrected chi connectivity index (χ0v) is 16.0. The van der Waals surface area contributed by atoms with Crippen LogP contribution in [0.5, 0.6) is 11.5 Å². The van der Waals surface area contributed by atoms with Crippen LogP contribution in [0.4, 0.5) is 10.1 Å². The Labute approximate surface area is 169 Å². The first-order valence-corrected chi connectivity index (χ1v) is 8.98. The number of anilines is 1. The van der Waals surface area contributed by atoms with Crippen LogP contribution in [0.15, 0.2) is 30.3 Å². The molecule has 0 saturated carbocycles. The van der Waals surface area contributed by atoms with Crippen LogP contribution in [0.1, 0.15) is 16.2 Å². The predicted molar refractivity (Wildman–Crippen MR) is 101 cm³/mol. The molecular formula is C18H13Cl2FN4O3. The van der Waals surface area contributed by atoms with E-state index in [1.54, 1.807) is 19.1 Å². The first kappa shape index (κ1) is 18.5. The number of carbonyl (C=O) groups excluding carboxylic acids is 1. The second-order valence-electron chi connectivity index (χ2n) is 5.96. The summed E-state index contributed by atoms with van der Waals surface area (Å²) in [5.74, 6) is -0.0400. The Morgan fingerprint density at radius 2 is 1.86 bits per heavy atom. The van der Waals surface area contributed by atoms with Gasteiger partial charge in [0.05, 0.1) is 27.1 Å². The van der Waals surface area contributed by atoms with E-state index in [9.17, 15) is 9.18 Å². The smallest absolute Gasteiger partial charge is 0.278 e. The second-order valence-corrected chi connectivity index (χ2v) is 6.78. The number of carbonyl (C=O) groups is 1. The van der Waals surface area contributed by atoms with Crippen LogP contribution in [0, 0.1) is 12.7 Å². The number of hydrogen-bond acceptors (Lipinski definition) is 5. The first-order valence-electron chi connectivity index (χ1n) is 8.22. The van der Waals surface area contributed by atoms with Crippen molar-refractivity contribution in [3.63, 3.8) is 0 Å². The number of amides is 1. The minimum absolute atomic E-state index is 0.0542. The Morgan fingerprint density at radius 3 is 2.57 bits per heavy atom. The van der Waals surface area contributed by atoms with Crippen molar-refractivity contribution < 1.29 is 18.7 Å². The molecule has 0 radical (unpaired) electrons. The van der Waals surface area contributed by atoms with E-state index in [0.29, 0.717) is 46.8 Å². The fourth-order valence-corrected chi connectivity index (χ4v) is 3.12. The maximum atomic E-state index is 13.4. The number of aromatic nitrogens is 3. The molecule has 3 aromatic rings. The summed E-state index contributed by atoms with van der Waals surface area (Å²) in [7, 11) is 0. The van der Waals surface area contributed by atoms with Crippen molar-refractivity contribution in [1.29, 1.82) is 0 Å². The summed E-state index contributed by atoms with van der Waals surface area (Å²) in [5, 5.41) is 10.8. The van der Waals surface area contributed by atoms with Gasteiger partial charge in [-0.3, -0.25) is 4.79 Å². The predicted octanol–water partition coefficient (Wildman–Crippen LogP) is 4.05. The molecule has 1 aliphatic heterocycles. The maximum Gasteiger partial charge on any atom is 0.278 e.